The van der Waals surface area contributed by atoms with E-state index in [-0.39, 0.29) is 23.5 Å². The van der Waals surface area contributed by atoms with Gasteiger partial charge in [-0.05, 0) is 30.9 Å². The van der Waals surface area contributed by atoms with Crippen LogP contribution in [0.3, 0.4) is 0 Å². The van der Waals surface area contributed by atoms with Crippen LogP contribution in [0.5, 0.6) is 0 Å². The Morgan fingerprint density at radius 2 is 2.08 bits per heavy atom. The van der Waals surface area contributed by atoms with Crippen molar-refractivity contribution in [3.63, 3.8) is 0 Å². The Hall–Kier alpha value is -0.780. The number of rotatable bonds is 7. The van der Waals surface area contributed by atoms with Gasteiger partial charge in [-0.15, -0.1) is 0 Å². The van der Waals surface area contributed by atoms with Crippen molar-refractivity contribution in [2.75, 3.05) is 18.1 Å². The summed E-state index contributed by atoms with van der Waals surface area (Å²) < 4.78 is 23.5. The number of nitrogens with zero attached hydrogens (tertiary/aromatic N) is 1. The average Bonchev–Trinajstić information content (AvgIpc) is 2.89. The minimum atomic E-state index is -3.01. The van der Waals surface area contributed by atoms with E-state index < -0.39 is 9.84 Å². The second-order valence-electron chi connectivity index (χ2n) is 6.21. The maximum absolute atomic E-state index is 12.7. The van der Waals surface area contributed by atoms with Crippen molar-refractivity contribution in [1.82, 2.24) is 4.90 Å². The smallest absolute Gasteiger partial charge is 0.223 e. The van der Waals surface area contributed by atoms with Crippen LogP contribution in [-0.2, 0) is 21.1 Å². The van der Waals surface area contributed by atoms with Crippen LogP contribution in [0.4, 0.5) is 0 Å². The molecule has 0 N–H and O–H groups in total. The number of unbranched alkanes of at least 4 members (excludes halogenated alkanes) is 1. The monoisotopic (exact) mass is 391 g/mol. The number of carbonyl (C=O) groups excluding carboxylic acids is 1. The molecule has 1 amide bonds. The maximum atomic E-state index is 12.7. The molecule has 1 aromatic carbocycles. The molecule has 0 radical (unpaired) electrons. The van der Waals surface area contributed by atoms with Crippen molar-refractivity contribution < 1.29 is 13.2 Å². The molecule has 134 valence electrons. The molecule has 4 nitrogen and oxygen atoms in total. The summed E-state index contributed by atoms with van der Waals surface area (Å²) in [6.07, 6.45) is 3.18. The second kappa shape index (κ2) is 8.54. The maximum Gasteiger partial charge on any atom is 0.223 e. The summed E-state index contributed by atoms with van der Waals surface area (Å²) >= 11 is 12.2. The van der Waals surface area contributed by atoms with E-state index in [9.17, 15) is 13.2 Å². The van der Waals surface area contributed by atoms with E-state index in [0.717, 1.165) is 18.4 Å². The van der Waals surface area contributed by atoms with E-state index in [4.69, 9.17) is 23.2 Å². The predicted molar refractivity (Wildman–Crippen MR) is 98.5 cm³/mol. The lowest BCUT2D eigenvalue weighted by Gasteiger charge is -2.28. The van der Waals surface area contributed by atoms with Crippen LogP contribution in [-0.4, -0.2) is 43.3 Å². The highest BCUT2D eigenvalue weighted by atomic mass is 35.5. The van der Waals surface area contributed by atoms with Gasteiger partial charge in [0.2, 0.25) is 5.91 Å². The van der Waals surface area contributed by atoms with Gasteiger partial charge in [-0.2, -0.15) is 0 Å². The molecule has 0 spiro atoms. The molecule has 7 heteroatoms. The molecule has 1 heterocycles. The van der Waals surface area contributed by atoms with Crippen molar-refractivity contribution >= 4 is 38.9 Å². The van der Waals surface area contributed by atoms with E-state index in [0.29, 0.717) is 35.9 Å². The Morgan fingerprint density at radius 1 is 1.33 bits per heavy atom. The number of benzene rings is 1. The van der Waals surface area contributed by atoms with E-state index in [1.54, 1.807) is 11.0 Å². The van der Waals surface area contributed by atoms with Crippen molar-refractivity contribution in [2.24, 2.45) is 0 Å². The molecule has 1 atom stereocenters. The molecule has 1 fully saturated rings. The highest BCUT2D eigenvalue weighted by molar-refractivity contribution is 7.91. The third-order valence-electron chi connectivity index (χ3n) is 4.36. The van der Waals surface area contributed by atoms with Crippen molar-refractivity contribution in [3.8, 4) is 0 Å². The highest BCUT2D eigenvalue weighted by Crippen LogP contribution is 2.27. The first-order chi connectivity index (χ1) is 11.3. The molecule has 1 aliphatic heterocycles. The molecule has 1 aliphatic rings. The molecule has 24 heavy (non-hydrogen) atoms. The zero-order valence-electron chi connectivity index (χ0n) is 13.8. The number of hydrogen-bond acceptors (Lipinski definition) is 3. The SMILES string of the molecule is CCCCN(C(=O)CCc1cccc(Cl)c1Cl)C1CCS(=O)(=O)C1. The van der Waals surface area contributed by atoms with Gasteiger partial charge in [-0.1, -0.05) is 48.7 Å². The Bertz CT molecular complexity index is 691. The number of hydrogen-bond donors (Lipinski definition) is 0. The number of amides is 1. The topological polar surface area (TPSA) is 54.5 Å². The molecule has 2 rings (SSSR count). The number of carbonyl (C=O) groups is 1. The fourth-order valence-electron chi connectivity index (χ4n) is 2.99. The number of sulfone groups is 1. The van der Waals surface area contributed by atoms with Crippen LogP contribution in [0.2, 0.25) is 10.0 Å². The van der Waals surface area contributed by atoms with Crippen molar-refractivity contribution in [1.29, 1.82) is 0 Å². The van der Waals surface area contributed by atoms with Gasteiger partial charge in [0.05, 0.1) is 21.6 Å². The number of halogens is 2. The summed E-state index contributed by atoms with van der Waals surface area (Å²) in [5.41, 5.74) is 0.840. The van der Waals surface area contributed by atoms with E-state index in [1.165, 1.54) is 0 Å². The van der Waals surface area contributed by atoms with Gasteiger partial charge in [0.25, 0.3) is 0 Å². The molecule has 0 bridgehead atoms. The Labute approximate surface area is 154 Å². The third-order valence-corrected chi connectivity index (χ3v) is 6.97. The van der Waals surface area contributed by atoms with E-state index in [2.05, 4.69) is 6.92 Å². The summed E-state index contributed by atoms with van der Waals surface area (Å²) in [5.74, 6) is 0.246. The fourth-order valence-corrected chi connectivity index (χ4v) is 5.13. The van der Waals surface area contributed by atoms with Gasteiger partial charge in [-0.3, -0.25) is 4.79 Å². The summed E-state index contributed by atoms with van der Waals surface area (Å²) in [6, 6.07) is 5.19. The first-order valence-corrected chi connectivity index (χ1v) is 10.8. The summed E-state index contributed by atoms with van der Waals surface area (Å²) in [6.45, 7) is 2.67. The second-order valence-corrected chi connectivity index (χ2v) is 9.22. The third kappa shape index (κ3) is 5.11. The lowest BCUT2D eigenvalue weighted by Crippen LogP contribution is -2.41. The zero-order valence-corrected chi connectivity index (χ0v) is 16.1. The fraction of sp³-hybridized carbons (Fsp3) is 0.588. The minimum Gasteiger partial charge on any atom is -0.339 e. The molecule has 1 aromatic rings. The lowest BCUT2D eigenvalue weighted by molar-refractivity contribution is -0.133. The first-order valence-electron chi connectivity index (χ1n) is 8.27. The van der Waals surface area contributed by atoms with Crippen LogP contribution in [0.1, 0.15) is 38.2 Å². The quantitative estimate of drug-likeness (QED) is 0.710. The number of aryl methyl sites for hydroxylation is 1. The Balaban J connectivity index is 2.03. The highest BCUT2D eigenvalue weighted by Gasteiger charge is 2.34. The molecule has 1 unspecified atom stereocenters. The summed E-state index contributed by atoms with van der Waals surface area (Å²) in [4.78, 5) is 14.4. The molecular formula is C17H23Cl2NO3S. The van der Waals surface area contributed by atoms with Gasteiger partial charge >= 0.3 is 0 Å². The average molecular weight is 392 g/mol. The Kier molecular flexibility index (Phi) is 6.96. The van der Waals surface area contributed by atoms with Gasteiger partial charge in [-0.25, -0.2) is 8.42 Å². The first kappa shape index (κ1) is 19.5. The lowest BCUT2D eigenvalue weighted by atomic mass is 10.1. The standard InChI is InChI=1S/C17H23Cl2NO3S/c1-2-3-10-20(14-9-11-24(22,23)12-14)16(21)8-7-13-5-4-6-15(18)17(13)19/h4-6,14H,2-3,7-12H2,1H3. The Morgan fingerprint density at radius 3 is 2.71 bits per heavy atom. The summed E-state index contributed by atoms with van der Waals surface area (Å²) in [7, 11) is -3.01. The predicted octanol–water partition coefficient (Wildman–Crippen LogP) is 3.74. The summed E-state index contributed by atoms with van der Waals surface area (Å²) in [5, 5.41) is 0.960. The van der Waals surface area contributed by atoms with Crippen LogP contribution in [0.15, 0.2) is 18.2 Å². The van der Waals surface area contributed by atoms with E-state index in [1.807, 2.05) is 12.1 Å². The van der Waals surface area contributed by atoms with Crippen LogP contribution in [0.25, 0.3) is 0 Å². The molecule has 0 saturated carbocycles. The molecular weight excluding hydrogens is 369 g/mol. The van der Waals surface area contributed by atoms with Crippen molar-refractivity contribution in [3.05, 3.63) is 33.8 Å². The van der Waals surface area contributed by atoms with Gasteiger partial charge in [0.15, 0.2) is 9.84 Å². The largest absolute Gasteiger partial charge is 0.339 e. The molecule has 1 saturated heterocycles. The van der Waals surface area contributed by atoms with Crippen LogP contribution >= 0.6 is 23.2 Å². The van der Waals surface area contributed by atoms with E-state index >= 15 is 0 Å². The molecule has 0 aromatic heterocycles. The molecule has 0 aliphatic carbocycles. The normalized spacial score (nSPS) is 19.4. The van der Waals surface area contributed by atoms with Crippen LogP contribution in [0, 0.1) is 0 Å². The van der Waals surface area contributed by atoms with Crippen molar-refractivity contribution in [2.45, 2.75) is 45.1 Å². The van der Waals surface area contributed by atoms with Crippen LogP contribution < -0.4 is 0 Å². The van der Waals surface area contributed by atoms with Gasteiger partial charge < -0.3 is 4.90 Å². The van der Waals surface area contributed by atoms with Gasteiger partial charge in [0, 0.05) is 19.0 Å². The van der Waals surface area contributed by atoms with Gasteiger partial charge in [0.1, 0.15) is 0 Å². The zero-order chi connectivity index (χ0) is 17.7. The minimum absolute atomic E-state index is 0.0124.